The van der Waals surface area contributed by atoms with E-state index in [1.807, 2.05) is 51.1 Å². The maximum absolute atomic E-state index is 12.2. The maximum Gasteiger partial charge on any atom is 0.350 e. The third-order valence-corrected chi connectivity index (χ3v) is 3.99. The molecule has 0 aliphatic heterocycles. The standard InChI is InChI=1S/C17H20N2O3S/c1-5-22-14(20)13-12(11-9-7-6-8-10-11)18-16(23-13)19-15(21)17(2,3)4/h6-10H,5H2,1-4H3,(H,18,19,21). The molecular weight excluding hydrogens is 312 g/mol. The van der Waals surface area contributed by atoms with Crippen molar-refractivity contribution in [2.45, 2.75) is 27.7 Å². The molecule has 0 spiro atoms. The molecule has 5 nitrogen and oxygen atoms in total. The smallest absolute Gasteiger partial charge is 0.350 e. The average Bonchev–Trinajstić information content (AvgIpc) is 2.91. The van der Waals surface area contributed by atoms with E-state index in [-0.39, 0.29) is 12.5 Å². The first-order valence-electron chi connectivity index (χ1n) is 7.37. The summed E-state index contributed by atoms with van der Waals surface area (Å²) in [7, 11) is 0. The van der Waals surface area contributed by atoms with Crippen LogP contribution in [0.25, 0.3) is 11.3 Å². The second-order valence-electron chi connectivity index (χ2n) is 5.99. The van der Waals surface area contributed by atoms with E-state index in [0.717, 1.165) is 16.9 Å². The maximum atomic E-state index is 12.2. The lowest BCUT2D eigenvalue weighted by Crippen LogP contribution is -2.27. The van der Waals surface area contributed by atoms with Gasteiger partial charge in [0.2, 0.25) is 5.91 Å². The van der Waals surface area contributed by atoms with Crippen LogP contribution in [0.1, 0.15) is 37.4 Å². The molecule has 0 saturated carbocycles. The van der Waals surface area contributed by atoms with Gasteiger partial charge in [-0.2, -0.15) is 0 Å². The van der Waals surface area contributed by atoms with E-state index in [1.54, 1.807) is 6.92 Å². The Bertz CT molecular complexity index is 702. The minimum atomic E-state index is -0.539. The molecule has 0 aliphatic rings. The number of esters is 1. The number of ether oxygens (including phenoxy) is 1. The Morgan fingerprint density at radius 3 is 2.43 bits per heavy atom. The summed E-state index contributed by atoms with van der Waals surface area (Å²) in [5.41, 5.74) is 0.796. The molecule has 0 unspecified atom stereocenters. The van der Waals surface area contributed by atoms with Crippen molar-refractivity contribution in [2.24, 2.45) is 5.41 Å². The second kappa shape index (κ2) is 6.91. The summed E-state index contributed by atoms with van der Waals surface area (Å²) in [5, 5.41) is 3.17. The van der Waals surface area contributed by atoms with Crippen LogP contribution in [0.15, 0.2) is 30.3 Å². The summed E-state index contributed by atoms with van der Waals surface area (Å²) in [4.78, 5) is 29.1. The highest BCUT2D eigenvalue weighted by molar-refractivity contribution is 7.18. The van der Waals surface area contributed by atoms with Crippen LogP contribution in [-0.4, -0.2) is 23.5 Å². The molecule has 0 fully saturated rings. The first-order valence-corrected chi connectivity index (χ1v) is 8.19. The van der Waals surface area contributed by atoms with Crippen molar-refractivity contribution in [3.05, 3.63) is 35.2 Å². The quantitative estimate of drug-likeness (QED) is 0.860. The molecule has 23 heavy (non-hydrogen) atoms. The van der Waals surface area contributed by atoms with Crippen LogP contribution in [0.5, 0.6) is 0 Å². The molecule has 0 aliphatic carbocycles. The monoisotopic (exact) mass is 332 g/mol. The molecule has 2 rings (SSSR count). The Morgan fingerprint density at radius 1 is 1.22 bits per heavy atom. The highest BCUT2D eigenvalue weighted by atomic mass is 32.1. The summed E-state index contributed by atoms with van der Waals surface area (Å²) < 4.78 is 5.09. The Labute approximate surface area is 139 Å². The number of aromatic nitrogens is 1. The van der Waals surface area contributed by atoms with E-state index < -0.39 is 11.4 Å². The van der Waals surface area contributed by atoms with Gasteiger partial charge < -0.3 is 10.1 Å². The van der Waals surface area contributed by atoms with Gasteiger partial charge in [0.15, 0.2) is 5.13 Å². The lowest BCUT2D eigenvalue weighted by molar-refractivity contribution is -0.123. The van der Waals surface area contributed by atoms with Crippen LogP contribution in [0, 0.1) is 5.41 Å². The van der Waals surface area contributed by atoms with Crippen LogP contribution >= 0.6 is 11.3 Å². The van der Waals surface area contributed by atoms with Gasteiger partial charge in [0, 0.05) is 11.0 Å². The summed E-state index contributed by atoms with van der Waals surface area (Å²) in [6.45, 7) is 7.50. The van der Waals surface area contributed by atoms with E-state index in [1.165, 1.54) is 0 Å². The van der Waals surface area contributed by atoms with E-state index in [9.17, 15) is 9.59 Å². The number of carbonyl (C=O) groups is 2. The van der Waals surface area contributed by atoms with E-state index in [0.29, 0.717) is 15.7 Å². The van der Waals surface area contributed by atoms with Gasteiger partial charge in [0.1, 0.15) is 4.88 Å². The minimum Gasteiger partial charge on any atom is -0.462 e. The fraction of sp³-hybridized carbons (Fsp3) is 0.353. The van der Waals surface area contributed by atoms with Gasteiger partial charge in [-0.3, -0.25) is 4.79 Å². The fourth-order valence-electron chi connectivity index (χ4n) is 1.78. The van der Waals surface area contributed by atoms with Gasteiger partial charge >= 0.3 is 5.97 Å². The zero-order chi connectivity index (χ0) is 17.0. The number of carbonyl (C=O) groups excluding carboxylic acids is 2. The van der Waals surface area contributed by atoms with Crippen LogP contribution < -0.4 is 5.32 Å². The molecule has 0 atom stereocenters. The van der Waals surface area contributed by atoms with Crippen molar-refractivity contribution < 1.29 is 14.3 Å². The Balaban J connectivity index is 2.40. The molecule has 2 aromatic rings. The zero-order valence-electron chi connectivity index (χ0n) is 13.7. The number of benzene rings is 1. The van der Waals surface area contributed by atoms with Gasteiger partial charge in [0.25, 0.3) is 0 Å². The fourth-order valence-corrected chi connectivity index (χ4v) is 2.66. The number of nitrogens with one attached hydrogen (secondary N) is 1. The molecule has 0 radical (unpaired) electrons. The van der Waals surface area contributed by atoms with Gasteiger partial charge in [0.05, 0.1) is 12.3 Å². The molecule has 0 bridgehead atoms. The van der Waals surface area contributed by atoms with Crippen molar-refractivity contribution in [1.29, 1.82) is 0 Å². The molecule has 1 N–H and O–H groups in total. The normalized spacial score (nSPS) is 11.1. The van der Waals surface area contributed by atoms with Crippen LogP contribution in [0.4, 0.5) is 5.13 Å². The van der Waals surface area contributed by atoms with Crippen molar-refractivity contribution >= 4 is 28.3 Å². The molecule has 1 aromatic heterocycles. The van der Waals surface area contributed by atoms with E-state index >= 15 is 0 Å². The topological polar surface area (TPSA) is 68.3 Å². The highest BCUT2D eigenvalue weighted by Crippen LogP contribution is 2.32. The number of thiazole rings is 1. The minimum absolute atomic E-state index is 0.152. The molecule has 1 heterocycles. The van der Waals surface area contributed by atoms with Crippen molar-refractivity contribution in [3.8, 4) is 11.3 Å². The van der Waals surface area contributed by atoms with Gasteiger partial charge in [-0.15, -0.1) is 0 Å². The van der Waals surface area contributed by atoms with Gasteiger partial charge in [-0.1, -0.05) is 62.4 Å². The highest BCUT2D eigenvalue weighted by Gasteiger charge is 2.25. The lowest BCUT2D eigenvalue weighted by atomic mass is 9.96. The molecule has 6 heteroatoms. The van der Waals surface area contributed by atoms with Crippen LogP contribution in [0.2, 0.25) is 0 Å². The molecule has 122 valence electrons. The molecule has 1 amide bonds. The molecular formula is C17H20N2O3S. The van der Waals surface area contributed by atoms with Crippen LogP contribution in [0.3, 0.4) is 0 Å². The van der Waals surface area contributed by atoms with E-state index in [4.69, 9.17) is 4.74 Å². The lowest BCUT2D eigenvalue weighted by Gasteiger charge is -2.15. The Kier molecular flexibility index (Phi) is 5.15. The average molecular weight is 332 g/mol. The number of hydrogen-bond donors (Lipinski definition) is 1. The van der Waals surface area contributed by atoms with Crippen LogP contribution in [-0.2, 0) is 9.53 Å². The second-order valence-corrected chi connectivity index (χ2v) is 6.99. The third-order valence-electron chi connectivity index (χ3n) is 3.04. The summed E-state index contributed by atoms with van der Waals surface area (Å²) in [6.07, 6.45) is 0. The SMILES string of the molecule is CCOC(=O)c1sc(NC(=O)C(C)(C)C)nc1-c1ccccc1. The zero-order valence-corrected chi connectivity index (χ0v) is 14.5. The summed E-state index contributed by atoms with van der Waals surface area (Å²) in [5.74, 6) is -0.582. The predicted molar refractivity (Wildman–Crippen MR) is 91.6 cm³/mol. The summed E-state index contributed by atoms with van der Waals surface area (Å²) >= 11 is 1.13. The third kappa shape index (κ3) is 4.16. The first kappa shape index (κ1) is 17.1. The Hall–Kier alpha value is -2.21. The Morgan fingerprint density at radius 2 is 1.87 bits per heavy atom. The van der Waals surface area contributed by atoms with E-state index in [2.05, 4.69) is 10.3 Å². The van der Waals surface area contributed by atoms with Crippen molar-refractivity contribution in [1.82, 2.24) is 4.98 Å². The van der Waals surface area contributed by atoms with Crippen molar-refractivity contribution in [2.75, 3.05) is 11.9 Å². The molecule has 1 aromatic carbocycles. The predicted octanol–water partition coefficient (Wildman–Crippen LogP) is 3.97. The van der Waals surface area contributed by atoms with Gasteiger partial charge in [-0.25, -0.2) is 9.78 Å². The number of nitrogens with zero attached hydrogens (tertiary/aromatic N) is 1. The van der Waals surface area contributed by atoms with Gasteiger partial charge in [-0.05, 0) is 6.92 Å². The molecule has 0 saturated heterocycles. The summed E-state index contributed by atoms with van der Waals surface area (Å²) in [6, 6.07) is 9.37. The number of amides is 1. The number of rotatable bonds is 4. The number of hydrogen-bond acceptors (Lipinski definition) is 5. The largest absolute Gasteiger partial charge is 0.462 e. The van der Waals surface area contributed by atoms with Crippen molar-refractivity contribution in [3.63, 3.8) is 0 Å². The number of anilines is 1. The first-order chi connectivity index (χ1) is 10.8.